The molecule has 0 saturated carbocycles. The fourth-order valence-electron chi connectivity index (χ4n) is 2.11. The van der Waals surface area contributed by atoms with Crippen LogP contribution in [-0.2, 0) is 9.53 Å². The molecule has 1 atom stereocenters. The highest BCUT2D eigenvalue weighted by atomic mass is 16.5. The molecule has 1 saturated heterocycles. The van der Waals surface area contributed by atoms with Crippen molar-refractivity contribution in [3.05, 3.63) is 0 Å². The van der Waals surface area contributed by atoms with Crippen LogP contribution in [0.3, 0.4) is 0 Å². The van der Waals surface area contributed by atoms with E-state index in [2.05, 4.69) is 10.2 Å². The van der Waals surface area contributed by atoms with E-state index >= 15 is 0 Å². The highest BCUT2D eigenvalue weighted by molar-refractivity contribution is 5.73. The lowest BCUT2D eigenvalue weighted by Crippen LogP contribution is -2.49. The summed E-state index contributed by atoms with van der Waals surface area (Å²) in [5.41, 5.74) is 0. The molecule has 1 heterocycles. The van der Waals surface area contributed by atoms with Crippen LogP contribution in [0.2, 0.25) is 0 Å². The van der Waals surface area contributed by atoms with Gasteiger partial charge in [0.05, 0.1) is 0 Å². The molecule has 1 aliphatic rings. The summed E-state index contributed by atoms with van der Waals surface area (Å²) in [6, 6.07) is -0.0168. The van der Waals surface area contributed by atoms with Crippen LogP contribution >= 0.6 is 0 Å². The van der Waals surface area contributed by atoms with Crippen molar-refractivity contribution in [3.8, 4) is 0 Å². The molecule has 0 aromatic heterocycles. The third-order valence-corrected chi connectivity index (χ3v) is 3.22. The Morgan fingerprint density at radius 3 is 2.71 bits per heavy atom. The lowest BCUT2D eigenvalue weighted by atomic mass is 10.1. The quantitative estimate of drug-likeness (QED) is 0.685. The smallest absolute Gasteiger partial charge is 0.322 e. The van der Waals surface area contributed by atoms with Gasteiger partial charge in [-0.3, -0.25) is 4.79 Å². The Bertz CT molecular complexity index is 230. The average molecular weight is 244 g/mol. The van der Waals surface area contributed by atoms with E-state index in [1.807, 2.05) is 14.0 Å². The number of likely N-dealkylation sites (N-methyl/N-ethyl adjacent to an activating group) is 1. The fourth-order valence-corrected chi connectivity index (χ4v) is 2.11. The van der Waals surface area contributed by atoms with Gasteiger partial charge in [-0.15, -0.1) is 0 Å². The van der Waals surface area contributed by atoms with Crippen molar-refractivity contribution in [1.82, 2.24) is 10.2 Å². The molecular formula is C12H24N2O3. The molecular weight excluding hydrogens is 220 g/mol. The van der Waals surface area contributed by atoms with Gasteiger partial charge in [-0.05, 0) is 32.9 Å². The monoisotopic (exact) mass is 244 g/mol. The molecule has 17 heavy (non-hydrogen) atoms. The molecule has 0 bridgehead atoms. The van der Waals surface area contributed by atoms with Crippen LogP contribution in [0.4, 0.5) is 0 Å². The van der Waals surface area contributed by atoms with E-state index < -0.39 is 12.0 Å². The number of ether oxygens (including phenoxy) is 1. The number of hydrogen-bond acceptors (Lipinski definition) is 4. The Labute approximate surface area is 103 Å². The normalized spacial score (nSPS) is 19.5. The lowest BCUT2D eigenvalue weighted by Gasteiger charge is -2.32. The van der Waals surface area contributed by atoms with E-state index in [9.17, 15) is 4.79 Å². The summed E-state index contributed by atoms with van der Waals surface area (Å²) in [5, 5.41) is 12.2. The maximum Gasteiger partial charge on any atom is 0.322 e. The Morgan fingerprint density at radius 2 is 2.18 bits per heavy atom. The molecule has 1 fully saturated rings. The van der Waals surface area contributed by atoms with Crippen molar-refractivity contribution in [2.45, 2.75) is 38.3 Å². The number of hydrogen-bond donors (Lipinski definition) is 2. The predicted octanol–water partition coefficient (Wildman–Crippen LogP) is 0.550. The number of carbonyl (C=O) groups is 1. The Morgan fingerprint density at radius 1 is 1.53 bits per heavy atom. The number of nitrogens with zero attached hydrogens (tertiary/aromatic N) is 1. The van der Waals surface area contributed by atoms with Crippen molar-refractivity contribution in [3.63, 3.8) is 0 Å². The van der Waals surface area contributed by atoms with E-state index in [1.54, 1.807) is 0 Å². The number of carboxylic acid groups (broad SMARTS) is 1. The van der Waals surface area contributed by atoms with E-state index in [1.165, 1.54) is 0 Å². The topological polar surface area (TPSA) is 61.8 Å². The van der Waals surface area contributed by atoms with Crippen molar-refractivity contribution in [2.24, 2.45) is 0 Å². The fraction of sp³-hybridized carbons (Fsp3) is 0.917. The van der Waals surface area contributed by atoms with Crippen LogP contribution in [0.25, 0.3) is 0 Å². The van der Waals surface area contributed by atoms with Gasteiger partial charge in [0.15, 0.2) is 0 Å². The molecule has 0 amide bonds. The first-order valence-electron chi connectivity index (χ1n) is 6.39. The zero-order valence-corrected chi connectivity index (χ0v) is 10.8. The Hall–Kier alpha value is -0.650. The van der Waals surface area contributed by atoms with Crippen LogP contribution in [0.15, 0.2) is 0 Å². The zero-order valence-electron chi connectivity index (χ0n) is 10.8. The first-order valence-corrected chi connectivity index (χ1v) is 6.39. The highest BCUT2D eigenvalue weighted by Crippen LogP contribution is 2.12. The average Bonchev–Trinajstić information content (AvgIpc) is 2.35. The summed E-state index contributed by atoms with van der Waals surface area (Å²) in [5.74, 6) is -0.766. The number of aliphatic carboxylic acids is 1. The zero-order chi connectivity index (χ0) is 12.7. The summed E-state index contributed by atoms with van der Waals surface area (Å²) < 4.78 is 5.31. The molecule has 2 N–H and O–H groups in total. The van der Waals surface area contributed by atoms with Gasteiger partial charge >= 0.3 is 5.97 Å². The molecule has 1 aliphatic heterocycles. The highest BCUT2D eigenvalue weighted by Gasteiger charge is 2.24. The van der Waals surface area contributed by atoms with E-state index in [-0.39, 0.29) is 0 Å². The van der Waals surface area contributed by atoms with Crippen LogP contribution in [0.1, 0.15) is 26.2 Å². The molecule has 1 unspecified atom stereocenters. The van der Waals surface area contributed by atoms with Gasteiger partial charge in [0.1, 0.15) is 6.04 Å². The molecule has 0 aliphatic carbocycles. The van der Waals surface area contributed by atoms with Crippen molar-refractivity contribution < 1.29 is 14.6 Å². The van der Waals surface area contributed by atoms with Gasteiger partial charge < -0.3 is 20.1 Å². The molecule has 5 nitrogen and oxygen atoms in total. The molecule has 0 aromatic rings. The molecule has 5 heteroatoms. The van der Waals surface area contributed by atoms with E-state index in [0.717, 1.165) is 39.0 Å². The van der Waals surface area contributed by atoms with Crippen molar-refractivity contribution in [1.29, 1.82) is 0 Å². The second-order valence-electron chi connectivity index (χ2n) is 4.63. The second-order valence-corrected chi connectivity index (χ2v) is 4.63. The number of nitrogens with one attached hydrogen (secondary N) is 1. The summed E-state index contributed by atoms with van der Waals surface area (Å²) in [7, 11) is 2.00. The van der Waals surface area contributed by atoms with Crippen LogP contribution in [0, 0.1) is 0 Å². The lowest BCUT2D eigenvalue weighted by molar-refractivity contribution is -0.140. The molecule has 0 radical (unpaired) electrons. The maximum absolute atomic E-state index is 11.1. The second kappa shape index (κ2) is 7.63. The first kappa shape index (κ1) is 14.4. The number of carboxylic acids is 1. The molecule has 0 aromatic carbocycles. The largest absolute Gasteiger partial charge is 0.480 e. The van der Waals surface area contributed by atoms with Crippen molar-refractivity contribution in [2.75, 3.05) is 33.4 Å². The molecule has 0 spiro atoms. The van der Waals surface area contributed by atoms with Gasteiger partial charge in [0, 0.05) is 25.8 Å². The van der Waals surface area contributed by atoms with Crippen molar-refractivity contribution >= 4 is 5.97 Å². The standard InChI is InChI=1S/C12H24N2O3/c1-3-6-13-11(12(15)16)9-14(2)10-4-7-17-8-5-10/h10-11,13H,3-9H2,1-2H3,(H,15,16). The number of rotatable bonds is 7. The van der Waals surface area contributed by atoms with Crippen LogP contribution < -0.4 is 5.32 Å². The minimum Gasteiger partial charge on any atom is -0.480 e. The van der Waals surface area contributed by atoms with Crippen LogP contribution in [0.5, 0.6) is 0 Å². The maximum atomic E-state index is 11.1. The van der Waals surface area contributed by atoms with E-state index in [0.29, 0.717) is 12.6 Å². The summed E-state index contributed by atoms with van der Waals surface area (Å²) in [6.07, 6.45) is 2.94. The van der Waals surface area contributed by atoms with Gasteiger partial charge in [-0.25, -0.2) is 0 Å². The van der Waals surface area contributed by atoms with Crippen LogP contribution in [-0.4, -0.2) is 61.4 Å². The summed E-state index contributed by atoms with van der Waals surface area (Å²) in [4.78, 5) is 13.3. The Kier molecular flexibility index (Phi) is 6.47. The predicted molar refractivity (Wildman–Crippen MR) is 66.2 cm³/mol. The minimum atomic E-state index is -0.766. The van der Waals surface area contributed by atoms with E-state index in [4.69, 9.17) is 9.84 Å². The first-order chi connectivity index (χ1) is 8.15. The molecule has 100 valence electrons. The molecule has 1 rings (SSSR count). The summed E-state index contributed by atoms with van der Waals surface area (Å²) in [6.45, 7) is 4.91. The third kappa shape index (κ3) is 5.02. The van der Waals surface area contributed by atoms with Gasteiger partial charge in [0.2, 0.25) is 0 Å². The van der Waals surface area contributed by atoms with Gasteiger partial charge in [-0.2, -0.15) is 0 Å². The minimum absolute atomic E-state index is 0.453. The Balaban J connectivity index is 2.38. The SMILES string of the molecule is CCCNC(CN(C)C1CCOCC1)C(=O)O. The van der Waals surface area contributed by atoms with Gasteiger partial charge in [0.25, 0.3) is 0 Å². The van der Waals surface area contributed by atoms with Gasteiger partial charge in [-0.1, -0.05) is 6.92 Å². The third-order valence-electron chi connectivity index (χ3n) is 3.22. The summed E-state index contributed by atoms with van der Waals surface area (Å²) >= 11 is 0.